The molecule has 0 fully saturated rings. The molecule has 2 aromatic rings. The van der Waals surface area contributed by atoms with Gasteiger partial charge in [0, 0.05) is 24.7 Å². The second-order valence-corrected chi connectivity index (χ2v) is 8.75. The van der Waals surface area contributed by atoms with Crippen LogP contribution in [0.15, 0.2) is 46.0 Å². The van der Waals surface area contributed by atoms with Crippen LogP contribution < -0.4 is 0 Å². The molecule has 4 nitrogen and oxygen atoms in total. The molecule has 0 aliphatic rings. The average Bonchev–Trinajstić information content (AvgIpc) is 3.00. The van der Waals surface area contributed by atoms with Gasteiger partial charge < -0.3 is 4.90 Å². The molecule has 1 aromatic carbocycles. The first-order valence-corrected chi connectivity index (χ1v) is 9.52. The van der Waals surface area contributed by atoms with E-state index in [4.69, 9.17) is 11.6 Å². The number of sulfonamides is 1. The van der Waals surface area contributed by atoms with Gasteiger partial charge in [-0.05, 0) is 43.2 Å². The van der Waals surface area contributed by atoms with Gasteiger partial charge in [0.2, 0.25) is 0 Å². The second kappa shape index (κ2) is 7.57. The van der Waals surface area contributed by atoms with Gasteiger partial charge in [-0.25, -0.2) is 8.42 Å². The lowest BCUT2D eigenvalue weighted by Gasteiger charge is -2.23. The van der Waals surface area contributed by atoms with Gasteiger partial charge in [-0.1, -0.05) is 29.8 Å². The van der Waals surface area contributed by atoms with Crippen molar-refractivity contribution in [3.8, 4) is 0 Å². The maximum absolute atomic E-state index is 12.8. The van der Waals surface area contributed by atoms with Crippen LogP contribution in [0.3, 0.4) is 0 Å². The van der Waals surface area contributed by atoms with Crippen LogP contribution in [0.5, 0.6) is 0 Å². The predicted octanol–water partition coefficient (Wildman–Crippen LogP) is 3.15. The van der Waals surface area contributed by atoms with E-state index in [1.807, 2.05) is 31.1 Å². The molecule has 22 heavy (non-hydrogen) atoms. The van der Waals surface area contributed by atoms with E-state index in [1.54, 1.807) is 29.6 Å². The zero-order valence-electron chi connectivity index (χ0n) is 12.6. The minimum absolute atomic E-state index is 0.339. The van der Waals surface area contributed by atoms with E-state index in [2.05, 4.69) is 0 Å². The third kappa shape index (κ3) is 4.54. The first-order valence-electron chi connectivity index (χ1n) is 6.82. The van der Waals surface area contributed by atoms with Crippen molar-refractivity contribution < 1.29 is 8.42 Å². The number of nitrogens with zero attached hydrogens (tertiary/aromatic N) is 2. The summed E-state index contributed by atoms with van der Waals surface area (Å²) in [4.78, 5) is 1.97. The van der Waals surface area contributed by atoms with Gasteiger partial charge >= 0.3 is 0 Å². The Labute approximate surface area is 141 Å². The fraction of sp³-hybridized carbons (Fsp3) is 0.333. The number of hydrogen-bond acceptors (Lipinski definition) is 4. The van der Waals surface area contributed by atoms with E-state index >= 15 is 0 Å². The topological polar surface area (TPSA) is 40.6 Å². The van der Waals surface area contributed by atoms with Gasteiger partial charge in [-0.15, -0.1) is 11.3 Å². The van der Waals surface area contributed by atoms with Gasteiger partial charge in [0.25, 0.3) is 10.0 Å². The zero-order valence-corrected chi connectivity index (χ0v) is 15.0. The molecule has 0 aliphatic heterocycles. The normalized spacial score (nSPS) is 12.2. The number of rotatable bonds is 7. The van der Waals surface area contributed by atoms with Crippen molar-refractivity contribution in [3.63, 3.8) is 0 Å². The van der Waals surface area contributed by atoms with Gasteiger partial charge in [-0.2, -0.15) is 4.31 Å². The smallest absolute Gasteiger partial charge is 0.252 e. The third-order valence-electron chi connectivity index (χ3n) is 3.16. The molecule has 0 radical (unpaired) electrons. The Balaban J connectivity index is 2.24. The molecule has 0 N–H and O–H groups in total. The first-order chi connectivity index (χ1) is 10.4. The van der Waals surface area contributed by atoms with E-state index in [1.165, 1.54) is 15.6 Å². The number of halogens is 1. The molecule has 2 rings (SSSR count). The monoisotopic (exact) mass is 358 g/mol. The molecule has 7 heteroatoms. The number of thiophene rings is 1. The zero-order chi connectivity index (χ0) is 16.2. The Hall–Kier alpha value is -0.920. The van der Waals surface area contributed by atoms with E-state index in [9.17, 15) is 8.42 Å². The Morgan fingerprint density at radius 1 is 1.09 bits per heavy atom. The molecule has 1 heterocycles. The van der Waals surface area contributed by atoms with Crippen molar-refractivity contribution in [1.29, 1.82) is 0 Å². The summed E-state index contributed by atoms with van der Waals surface area (Å²) in [5.41, 5.74) is 0.920. The predicted molar refractivity (Wildman–Crippen MR) is 91.9 cm³/mol. The van der Waals surface area contributed by atoms with Crippen molar-refractivity contribution in [3.05, 3.63) is 52.4 Å². The summed E-state index contributed by atoms with van der Waals surface area (Å²) in [7, 11) is 0.388. The average molecular weight is 359 g/mol. The molecule has 0 unspecified atom stereocenters. The van der Waals surface area contributed by atoms with Crippen LogP contribution in [0, 0.1) is 0 Å². The van der Waals surface area contributed by atoms with E-state index in [0.29, 0.717) is 28.9 Å². The highest BCUT2D eigenvalue weighted by atomic mass is 35.5. The third-order valence-corrected chi connectivity index (χ3v) is 6.63. The maximum atomic E-state index is 12.8. The van der Waals surface area contributed by atoms with Crippen molar-refractivity contribution in [2.45, 2.75) is 10.8 Å². The fourth-order valence-electron chi connectivity index (χ4n) is 1.93. The molecule has 0 aliphatic carbocycles. The highest BCUT2D eigenvalue weighted by Crippen LogP contribution is 2.23. The van der Waals surface area contributed by atoms with Crippen molar-refractivity contribution in [2.24, 2.45) is 0 Å². The van der Waals surface area contributed by atoms with Crippen LogP contribution in [-0.4, -0.2) is 44.8 Å². The lowest BCUT2D eigenvalue weighted by molar-refractivity contribution is 0.330. The van der Waals surface area contributed by atoms with Gasteiger partial charge in [0.15, 0.2) is 0 Å². The highest BCUT2D eigenvalue weighted by molar-refractivity contribution is 7.91. The van der Waals surface area contributed by atoms with Crippen LogP contribution in [0.4, 0.5) is 0 Å². The van der Waals surface area contributed by atoms with Gasteiger partial charge in [0.05, 0.1) is 0 Å². The molecular weight excluding hydrogens is 340 g/mol. The molecule has 0 bridgehead atoms. The molecule has 0 amide bonds. The molecule has 0 spiro atoms. The fourth-order valence-corrected chi connectivity index (χ4v) is 4.62. The second-order valence-electron chi connectivity index (χ2n) is 5.20. The molecule has 0 atom stereocenters. The van der Waals surface area contributed by atoms with Crippen LogP contribution in [0.1, 0.15) is 5.56 Å². The van der Waals surface area contributed by atoms with Crippen molar-refractivity contribution >= 4 is 33.0 Å². The van der Waals surface area contributed by atoms with Crippen LogP contribution in [0.2, 0.25) is 5.02 Å². The first kappa shape index (κ1) is 17.4. The summed E-state index contributed by atoms with van der Waals surface area (Å²) >= 11 is 7.13. The summed E-state index contributed by atoms with van der Waals surface area (Å²) in [5, 5.41) is 2.42. The summed E-state index contributed by atoms with van der Waals surface area (Å²) in [6, 6.07) is 10.7. The number of benzene rings is 1. The largest absolute Gasteiger partial charge is 0.308 e. The molecule has 0 saturated heterocycles. The summed E-state index contributed by atoms with van der Waals surface area (Å²) in [5.74, 6) is 0. The van der Waals surface area contributed by atoms with Crippen LogP contribution in [-0.2, 0) is 16.6 Å². The SMILES string of the molecule is CN(C)CCN(Cc1ccc(Cl)cc1)S(=O)(=O)c1cccs1. The molecule has 1 aromatic heterocycles. The molecule has 0 saturated carbocycles. The quantitative estimate of drug-likeness (QED) is 0.763. The van der Waals surface area contributed by atoms with Gasteiger partial charge in [-0.3, -0.25) is 0 Å². The van der Waals surface area contributed by atoms with Crippen LogP contribution >= 0.6 is 22.9 Å². The Morgan fingerprint density at radius 3 is 2.32 bits per heavy atom. The van der Waals surface area contributed by atoms with Crippen LogP contribution in [0.25, 0.3) is 0 Å². The summed E-state index contributed by atoms with van der Waals surface area (Å²) < 4.78 is 27.4. The summed E-state index contributed by atoms with van der Waals surface area (Å²) in [6.07, 6.45) is 0. The lowest BCUT2D eigenvalue weighted by Crippen LogP contribution is -2.35. The van der Waals surface area contributed by atoms with E-state index in [-0.39, 0.29) is 0 Å². The minimum Gasteiger partial charge on any atom is -0.308 e. The van der Waals surface area contributed by atoms with E-state index < -0.39 is 10.0 Å². The summed E-state index contributed by atoms with van der Waals surface area (Å²) in [6.45, 7) is 1.44. The van der Waals surface area contributed by atoms with Crippen molar-refractivity contribution in [1.82, 2.24) is 9.21 Å². The highest BCUT2D eigenvalue weighted by Gasteiger charge is 2.25. The minimum atomic E-state index is -3.47. The molecular formula is C15H19ClN2O2S2. The maximum Gasteiger partial charge on any atom is 0.252 e. The standard InChI is InChI=1S/C15H19ClN2O2S2/c1-17(2)9-10-18(12-13-5-7-14(16)8-6-13)22(19,20)15-4-3-11-21-15/h3-8,11H,9-10,12H2,1-2H3. The van der Waals surface area contributed by atoms with Crippen molar-refractivity contribution in [2.75, 3.05) is 27.2 Å². The number of likely N-dealkylation sites (N-methyl/N-ethyl adjacent to an activating group) is 1. The Morgan fingerprint density at radius 2 is 1.77 bits per heavy atom. The lowest BCUT2D eigenvalue weighted by atomic mass is 10.2. The van der Waals surface area contributed by atoms with E-state index in [0.717, 1.165) is 5.56 Å². The number of hydrogen-bond donors (Lipinski definition) is 0. The molecule has 120 valence electrons. The van der Waals surface area contributed by atoms with Gasteiger partial charge in [0.1, 0.15) is 4.21 Å². The Bertz CT molecular complexity index is 683. The Kier molecular flexibility index (Phi) is 6.00.